The van der Waals surface area contributed by atoms with Crippen LogP contribution in [-0.2, 0) is 4.79 Å². The Morgan fingerprint density at radius 2 is 2.00 bits per heavy atom. The molecule has 2 heterocycles. The molecular formula is C16H19FN2O2. The number of carbonyl (C=O) groups excluding carboxylic acids is 2. The summed E-state index contributed by atoms with van der Waals surface area (Å²) in [6.45, 7) is 8.16. The van der Waals surface area contributed by atoms with Crippen LogP contribution in [0.1, 0.15) is 37.6 Å². The number of Topliss-reactive ketones (excluding diaryl/α,β-unsaturated/α-hetero) is 1. The normalized spacial score (nSPS) is 21.7. The number of anilines is 2. The SMILES string of the molecule is CC(C)(C)C1CCN(c2cc3c(cc2F)C(=O)C(=O)N3)C1. The quantitative estimate of drug-likeness (QED) is 0.809. The minimum Gasteiger partial charge on any atom is -0.369 e. The van der Waals surface area contributed by atoms with Crippen LogP contribution in [0.3, 0.4) is 0 Å². The van der Waals surface area contributed by atoms with Gasteiger partial charge < -0.3 is 10.2 Å². The van der Waals surface area contributed by atoms with Crippen LogP contribution in [0, 0.1) is 17.2 Å². The minimum atomic E-state index is -0.685. The average molecular weight is 290 g/mol. The summed E-state index contributed by atoms with van der Waals surface area (Å²) < 4.78 is 14.3. The second kappa shape index (κ2) is 4.55. The molecule has 1 aromatic carbocycles. The van der Waals surface area contributed by atoms with Crippen molar-refractivity contribution in [1.82, 2.24) is 0 Å². The number of halogens is 1. The van der Waals surface area contributed by atoms with Gasteiger partial charge in [0.15, 0.2) is 0 Å². The predicted molar refractivity (Wildman–Crippen MR) is 79.1 cm³/mol. The molecule has 1 aromatic rings. The highest BCUT2D eigenvalue weighted by Crippen LogP contribution is 2.38. The molecule has 1 amide bonds. The summed E-state index contributed by atoms with van der Waals surface area (Å²) in [5, 5.41) is 2.50. The third kappa shape index (κ3) is 2.30. The number of benzene rings is 1. The van der Waals surface area contributed by atoms with Crippen LogP contribution in [0.2, 0.25) is 0 Å². The number of carbonyl (C=O) groups is 2. The Kier molecular flexibility index (Phi) is 3.04. The van der Waals surface area contributed by atoms with Gasteiger partial charge in [0.25, 0.3) is 11.7 Å². The third-order valence-electron chi connectivity index (χ3n) is 4.54. The zero-order chi connectivity index (χ0) is 15.4. The van der Waals surface area contributed by atoms with Crippen LogP contribution in [-0.4, -0.2) is 24.8 Å². The summed E-state index contributed by atoms with van der Waals surface area (Å²) in [5.74, 6) is -1.28. The van der Waals surface area contributed by atoms with E-state index in [0.717, 1.165) is 19.5 Å². The number of ketones is 1. The highest BCUT2D eigenvalue weighted by Gasteiger charge is 2.35. The van der Waals surface area contributed by atoms with Crippen LogP contribution in [0.5, 0.6) is 0 Å². The van der Waals surface area contributed by atoms with Gasteiger partial charge in [0.1, 0.15) is 5.82 Å². The van der Waals surface area contributed by atoms with Crippen molar-refractivity contribution in [3.05, 3.63) is 23.5 Å². The Labute approximate surface area is 123 Å². The van der Waals surface area contributed by atoms with E-state index in [1.165, 1.54) is 6.07 Å². The molecule has 1 atom stereocenters. The van der Waals surface area contributed by atoms with E-state index in [9.17, 15) is 14.0 Å². The lowest BCUT2D eigenvalue weighted by Gasteiger charge is -2.27. The van der Waals surface area contributed by atoms with E-state index in [0.29, 0.717) is 17.3 Å². The molecular weight excluding hydrogens is 271 g/mol. The Morgan fingerprint density at radius 3 is 2.62 bits per heavy atom. The van der Waals surface area contributed by atoms with E-state index in [-0.39, 0.29) is 11.0 Å². The molecule has 3 rings (SSSR count). The topological polar surface area (TPSA) is 49.4 Å². The lowest BCUT2D eigenvalue weighted by Crippen LogP contribution is -2.26. The Morgan fingerprint density at radius 1 is 1.29 bits per heavy atom. The van der Waals surface area contributed by atoms with Gasteiger partial charge in [0, 0.05) is 13.1 Å². The number of amides is 1. The maximum Gasteiger partial charge on any atom is 0.296 e. The van der Waals surface area contributed by atoms with Gasteiger partial charge >= 0.3 is 0 Å². The molecule has 0 radical (unpaired) electrons. The zero-order valence-electron chi connectivity index (χ0n) is 12.5. The Hall–Kier alpha value is -1.91. The van der Waals surface area contributed by atoms with Crippen molar-refractivity contribution in [1.29, 1.82) is 0 Å². The van der Waals surface area contributed by atoms with Gasteiger partial charge in [-0.25, -0.2) is 4.39 Å². The van der Waals surface area contributed by atoms with Gasteiger partial charge in [-0.1, -0.05) is 20.8 Å². The second-order valence-electron chi connectivity index (χ2n) is 6.93. The van der Waals surface area contributed by atoms with Gasteiger partial charge in [0.2, 0.25) is 0 Å². The highest BCUT2D eigenvalue weighted by atomic mass is 19.1. The second-order valence-corrected chi connectivity index (χ2v) is 6.93. The standard InChI is InChI=1S/C16H19FN2O2/c1-16(2,3)9-4-5-19(8-9)13-7-12-10(6-11(13)17)14(20)15(21)18-12/h6-7,9H,4-5,8H2,1-3H3,(H,18,20,21). The smallest absolute Gasteiger partial charge is 0.296 e. The van der Waals surface area contributed by atoms with E-state index in [2.05, 4.69) is 26.1 Å². The maximum atomic E-state index is 14.3. The average Bonchev–Trinajstić information content (AvgIpc) is 2.96. The Balaban J connectivity index is 1.90. The van der Waals surface area contributed by atoms with E-state index in [1.54, 1.807) is 6.07 Å². The molecule has 112 valence electrons. The van der Waals surface area contributed by atoms with Crippen LogP contribution in [0.25, 0.3) is 0 Å². The number of nitrogens with zero attached hydrogens (tertiary/aromatic N) is 1. The molecule has 2 aliphatic rings. The van der Waals surface area contributed by atoms with Crippen molar-refractivity contribution in [2.75, 3.05) is 23.3 Å². The van der Waals surface area contributed by atoms with Crippen molar-refractivity contribution in [3.8, 4) is 0 Å². The third-order valence-corrected chi connectivity index (χ3v) is 4.54. The first-order chi connectivity index (χ1) is 9.77. The van der Waals surface area contributed by atoms with Crippen molar-refractivity contribution in [3.63, 3.8) is 0 Å². The van der Waals surface area contributed by atoms with E-state index >= 15 is 0 Å². The van der Waals surface area contributed by atoms with Crippen molar-refractivity contribution in [2.45, 2.75) is 27.2 Å². The molecule has 0 bridgehead atoms. The van der Waals surface area contributed by atoms with Crippen LogP contribution in [0.15, 0.2) is 12.1 Å². The molecule has 2 aliphatic heterocycles. The molecule has 0 aliphatic carbocycles. The summed E-state index contributed by atoms with van der Waals surface area (Å²) in [5.41, 5.74) is 1.20. The minimum absolute atomic E-state index is 0.132. The first kappa shape index (κ1) is 14.0. The summed E-state index contributed by atoms with van der Waals surface area (Å²) in [6, 6.07) is 2.76. The van der Waals surface area contributed by atoms with Gasteiger partial charge in [0.05, 0.1) is 16.9 Å². The molecule has 0 aromatic heterocycles. The van der Waals surface area contributed by atoms with Crippen molar-refractivity contribution in [2.24, 2.45) is 11.3 Å². The van der Waals surface area contributed by atoms with Gasteiger partial charge in [-0.15, -0.1) is 0 Å². The fraction of sp³-hybridized carbons (Fsp3) is 0.500. The number of fused-ring (bicyclic) bond motifs is 1. The highest BCUT2D eigenvalue weighted by molar-refractivity contribution is 6.51. The maximum absolute atomic E-state index is 14.3. The van der Waals surface area contributed by atoms with E-state index in [1.807, 2.05) is 4.90 Å². The monoisotopic (exact) mass is 290 g/mol. The molecule has 21 heavy (non-hydrogen) atoms. The summed E-state index contributed by atoms with van der Waals surface area (Å²) in [6.07, 6.45) is 1.02. The van der Waals surface area contributed by atoms with Crippen LogP contribution >= 0.6 is 0 Å². The van der Waals surface area contributed by atoms with Crippen molar-refractivity contribution < 1.29 is 14.0 Å². The van der Waals surface area contributed by atoms with E-state index in [4.69, 9.17) is 0 Å². The predicted octanol–water partition coefficient (Wildman–Crippen LogP) is 2.83. The van der Waals surface area contributed by atoms with E-state index < -0.39 is 17.5 Å². The van der Waals surface area contributed by atoms with Crippen molar-refractivity contribution >= 4 is 23.1 Å². The van der Waals surface area contributed by atoms with Crippen LogP contribution < -0.4 is 10.2 Å². The zero-order valence-corrected chi connectivity index (χ0v) is 12.5. The molecule has 5 heteroatoms. The largest absolute Gasteiger partial charge is 0.369 e. The fourth-order valence-electron chi connectivity index (χ4n) is 3.08. The molecule has 0 spiro atoms. The van der Waals surface area contributed by atoms with Crippen LogP contribution in [0.4, 0.5) is 15.8 Å². The first-order valence-corrected chi connectivity index (χ1v) is 7.21. The van der Waals surface area contributed by atoms with Gasteiger partial charge in [-0.05, 0) is 29.9 Å². The molecule has 1 fully saturated rings. The molecule has 1 saturated heterocycles. The van der Waals surface area contributed by atoms with Gasteiger partial charge in [-0.3, -0.25) is 9.59 Å². The molecule has 4 nitrogen and oxygen atoms in total. The first-order valence-electron chi connectivity index (χ1n) is 7.21. The summed E-state index contributed by atoms with van der Waals surface area (Å²) >= 11 is 0. The molecule has 1 unspecified atom stereocenters. The molecule has 1 N–H and O–H groups in total. The van der Waals surface area contributed by atoms with Gasteiger partial charge in [-0.2, -0.15) is 0 Å². The fourth-order valence-corrected chi connectivity index (χ4v) is 3.08. The summed E-state index contributed by atoms with van der Waals surface area (Å²) in [4.78, 5) is 24.9. The number of hydrogen-bond donors (Lipinski definition) is 1. The number of hydrogen-bond acceptors (Lipinski definition) is 3. The lowest BCUT2D eigenvalue weighted by atomic mass is 9.80. The number of nitrogens with one attached hydrogen (secondary N) is 1. The lowest BCUT2D eigenvalue weighted by molar-refractivity contribution is -0.112. The summed E-state index contributed by atoms with van der Waals surface area (Å²) in [7, 11) is 0. The molecule has 0 saturated carbocycles. The Bertz CT molecular complexity index is 634. The number of rotatable bonds is 1.